The molecule has 0 amide bonds. The van der Waals surface area contributed by atoms with Crippen molar-refractivity contribution in [2.75, 3.05) is 6.61 Å². The van der Waals surface area contributed by atoms with E-state index in [1.807, 2.05) is 6.07 Å². The normalized spacial score (nSPS) is 29.1. The van der Waals surface area contributed by atoms with Gasteiger partial charge in [0.25, 0.3) is 0 Å². The van der Waals surface area contributed by atoms with Gasteiger partial charge >= 0.3 is 6.18 Å². The Balaban J connectivity index is 2.02. The highest BCUT2D eigenvalue weighted by Crippen LogP contribution is 2.41. The molecular formula is C11H12F3NO. The molecule has 1 unspecified atom stereocenters. The van der Waals surface area contributed by atoms with Crippen molar-refractivity contribution in [1.29, 1.82) is 0 Å². The molecule has 1 aromatic rings. The number of hydrogen-bond donors (Lipinski definition) is 1. The fourth-order valence-corrected chi connectivity index (χ4v) is 1.95. The van der Waals surface area contributed by atoms with Gasteiger partial charge in [-0.25, -0.2) is 0 Å². The molecule has 0 radical (unpaired) electrons. The Labute approximate surface area is 91.3 Å². The van der Waals surface area contributed by atoms with Gasteiger partial charge in [-0.15, -0.1) is 0 Å². The van der Waals surface area contributed by atoms with Crippen LogP contribution < -0.4 is 0 Å². The first-order chi connectivity index (χ1) is 7.54. The van der Waals surface area contributed by atoms with Crippen LogP contribution in [-0.2, 0) is 6.54 Å². The molecule has 88 valence electrons. The Kier molecular flexibility index (Phi) is 2.90. The Morgan fingerprint density at radius 2 is 1.81 bits per heavy atom. The summed E-state index contributed by atoms with van der Waals surface area (Å²) in [6.45, 7) is -0.215. The molecule has 5 heteroatoms. The lowest BCUT2D eigenvalue weighted by molar-refractivity contribution is -0.138. The Morgan fingerprint density at radius 3 is 2.25 bits per heavy atom. The minimum atomic E-state index is -4.25. The van der Waals surface area contributed by atoms with Crippen LogP contribution in [0.4, 0.5) is 13.2 Å². The number of aliphatic hydroxyl groups excluding tert-OH is 1. The van der Waals surface area contributed by atoms with Crippen LogP contribution in [0, 0.1) is 0 Å². The lowest BCUT2D eigenvalue weighted by Gasteiger charge is -2.06. The van der Waals surface area contributed by atoms with Gasteiger partial charge in [-0.2, -0.15) is 13.2 Å². The predicted molar refractivity (Wildman–Crippen MR) is 52.7 cm³/mol. The lowest BCUT2D eigenvalue weighted by Crippen LogP contribution is -2.22. The first kappa shape index (κ1) is 11.4. The maximum atomic E-state index is 12.5. The maximum Gasteiger partial charge on any atom is 0.405 e. The molecule has 16 heavy (non-hydrogen) atoms. The van der Waals surface area contributed by atoms with Crippen molar-refractivity contribution >= 4 is 0 Å². The van der Waals surface area contributed by atoms with Gasteiger partial charge in [-0.1, -0.05) is 30.3 Å². The molecule has 1 fully saturated rings. The zero-order valence-electron chi connectivity index (χ0n) is 8.48. The van der Waals surface area contributed by atoms with E-state index in [4.69, 9.17) is 5.11 Å². The summed E-state index contributed by atoms with van der Waals surface area (Å²) in [5, 5.41) is 8.85. The van der Waals surface area contributed by atoms with E-state index in [1.54, 1.807) is 24.3 Å². The van der Waals surface area contributed by atoms with Crippen molar-refractivity contribution in [2.24, 2.45) is 0 Å². The van der Waals surface area contributed by atoms with Crippen LogP contribution in [0.15, 0.2) is 30.3 Å². The van der Waals surface area contributed by atoms with Gasteiger partial charge in [0.05, 0.1) is 12.6 Å². The van der Waals surface area contributed by atoms with Crippen LogP contribution in [0.2, 0.25) is 0 Å². The second kappa shape index (κ2) is 4.07. The van der Waals surface area contributed by atoms with Gasteiger partial charge in [0.1, 0.15) is 6.04 Å². The number of benzene rings is 1. The molecule has 1 heterocycles. The third-order valence-corrected chi connectivity index (χ3v) is 2.79. The molecule has 1 N–H and O–H groups in total. The number of aliphatic hydroxyl groups is 1. The molecular weight excluding hydrogens is 219 g/mol. The molecule has 2 nitrogen and oxygen atoms in total. The van der Waals surface area contributed by atoms with E-state index >= 15 is 0 Å². The van der Waals surface area contributed by atoms with Crippen LogP contribution in [0.25, 0.3) is 0 Å². The molecule has 1 aliphatic heterocycles. The number of hydrogen-bond acceptors (Lipinski definition) is 2. The molecule has 1 saturated heterocycles. The van der Waals surface area contributed by atoms with E-state index < -0.39 is 24.9 Å². The van der Waals surface area contributed by atoms with Crippen LogP contribution in [0.3, 0.4) is 0 Å². The SMILES string of the molecule is OC[C@@H]1[C@@H](C(F)(F)F)N1Cc1ccccc1. The second-order valence-corrected chi connectivity index (χ2v) is 3.89. The summed E-state index contributed by atoms with van der Waals surface area (Å²) < 4.78 is 37.4. The molecule has 3 atom stereocenters. The van der Waals surface area contributed by atoms with Crippen molar-refractivity contribution in [3.8, 4) is 0 Å². The largest absolute Gasteiger partial charge is 0.405 e. The van der Waals surface area contributed by atoms with E-state index in [0.29, 0.717) is 0 Å². The number of halogens is 3. The Hall–Kier alpha value is -1.07. The first-order valence-corrected chi connectivity index (χ1v) is 5.01. The van der Waals surface area contributed by atoms with Crippen LogP contribution in [-0.4, -0.2) is 34.9 Å². The summed E-state index contributed by atoms with van der Waals surface area (Å²) in [5.74, 6) is 0. The number of nitrogens with zero attached hydrogens (tertiary/aromatic N) is 1. The topological polar surface area (TPSA) is 23.2 Å². The molecule has 2 rings (SSSR count). The van der Waals surface area contributed by atoms with Crippen LogP contribution >= 0.6 is 0 Å². The highest BCUT2D eigenvalue weighted by atomic mass is 19.4. The summed E-state index contributed by atoms with van der Waals surface area (Å²) >= 11 is 0. The second-order valence-electron chi connectivity index (χ2n) is 3.89. The maximum absolute atomic E-state index is 12.5. The summed E-state index contributed by atoms with van der Waals surface area (Å²) in [5.41, 5.74) is 0.827. The summed E-state index contributed by atoms with van der Waals surface area (Å²) in [6.07, 6.45) is -4.25. The smallest absolute Gasteiger partial charge is 0.395 e. The summed E-state index contributed by atoms with van der Waals surface area (Å²) in [7, 11) is 0. The highest BCUT2D eigenvalue weighted by Gasteiger charge is 2.62. The van der Waals surface area contributed by atoms with Crippen molar-refractivity contribution in [3.63, 3.8) is 0 Å². The lowest BCUT2D eigenvalue weighted by atomic mass is 10.2. The standard InChI is InChI=1S/C11H12F3NO/c12-11(13,14)10-9(7-16)15(10)6-8-4-2-1-3-5-8/h1-5,9-10,16H,6-7H2/t9-,10+,15?/m1/s1. The van der Waals surface area contributed by atoms with E-state index in [0.717, 1.165) is 5.56 Å². The van der Waals surface area contributed by atoms with Gasteiger partial charge in [-0.3, -0.25) is 4.90 Å². The van der Waals surface area contributed by atoms with Gasteiger partial charge in [0, 0.05) is 6.54 Å². The van der Waals surface area contributed by atoms with Crippen molar-refractivity contribution in [3.05, 3.63) is 35.9 Å². The third-order valence-electron chi connectivity index (χ3n) is 2.79. The van der Waals surface area contributed by atoms with Crippen molar-refractivity contribution in [1.82, 2.24) is 4.90 Å². The average molecular weight is 231 g/mol. The number of rotatable bonds is 3. The molecule has 0 saturated carbocycles. The summed E-state index contributed by atoms with van der Waals surface area (Å²) in [6, 6.07) is 6.68. The highest BCUT2D eigenvalue weighted by molar-refractivity contribution is 5.18. The molecule has 0 aliphatic carbocycles. The monoisotopic (exact) mass is 231 g/mol. The fourth-order valence-electron chi connectivity index (χ4n) is 1.95. The zero-order valence-corrected chi connectivity index (χ0v) is 8.48. The molecule has 1 aliphatic rings. The van der Waals surface area contributed by atoms with Gasteiger partial charge < -0.3 is 5.11 Å². The van der Waals surface area contributed by atoms with E-state index in [1.165, 1.54) is 4.90 Å². The average Bonchev–Trinajstić information content (AvgIpc) is 2.92. The van der Waals surface area contributed by atoms with Crippen LogP contribution in [0.1, 0.15) is 5.56 Å². The minimum absolute atomic E-state index is 0.232. The van der Waals surface area contributed by atoms with Gasteiger partial charge in [-0.05, 0) is 5.56 Å². The quantitative estimate of drug-likeness (QED) is 0.802. The third kappa shape index (κ3) is 2.20. The number of alkyl halides is 3. The van der Waals surface area contributed by atoms with Gasteiger partial charge in [0.2, 0.25) is 0 Å². The summed E-state index contributed by atoms with van der Waals surface area (Å²) in [4.78, 5) is 1.26. The van der Waals surface area contributed by atoms with E-state index in [9.17, 15) is 13.2 Å². The van der Waals surface area contributed by atoms with Gasteiger partial charge in [0.15, 0.2) is 0 Å². The fraction of sp³-hybridized carbons (Fsp3) is 0.455. The van der Waals surface area contributed by atoms with E-state index in [-0.39, 0.29) is 6.54 Å². The molecule has 0 aromatic heterocycles. The molecule has 0 spiro atoms. The molecule has 1 aromatic carbocycles. The predicted octanol–water partition coefficient (Wildman–Crippen LogP) is 1.79. The van der Waals surface area contributed by atoms with E-state index in [2.05, 4.69) is 0 Å². The Bertz CT molecular complexity index is 352. The minimum Gasteiger partial charge on any atom is -0.395 e. The zero-order chi connectivity index (χ0) is 11.8. The van der Waals surface area contributed by atoms with Crippen molar-refractivity contribution < 1.29 is 18.3 Å². The van der Waals surface area contributed by atoms with Crippen LogP contribution in [0.5, 0.6) is 0 Å². The first-order valence-electron chi connectivity index (χ1n) is 5.01. The Morgan fingerprint density at radius 1 is 1.19 bits per heavy atom. The van der Waals surface area contributed by atoms with Crippen molar-refractivity contribution in [2.45, 2.75) is 24.8 Å². The molecule has 0 bridgehead atoms.